The number of rotatable bonds is 5. The van der Waals surface area contributed by atoms with E-state index in [-0.39, 0.29) is 30.7 Å². The van der Waals surface area contributed by atoms with Crippen molar-refractivity contribution in [1.82, 2.24) is 15.2 Å². The fourth-order valence-electron chi connectivity index (χ4n) is 3.93. The van der Waals surface area contributed by atoms with E-state index in [1.54, 1.807) is 25.6 Å². The molecule has 2 bridgehead atoms. The Kier molecular flexibility index (Phi) is 8.58. The number of aromatic nitrogens is 1. The van der Waals surface area contributed by atoms with Gasteiger partial charge in [-0.2, -0.15) is 0 Å². The molecule has 0 radical (unpaired) electrons. The maximum absolute atomic E-state index is 12.8. The van der Waals surface area contributed by atoms with Crippen molar-refractivity contribution in [3.63, 3.8) is 0 Å². The van der Waals surface area contributed by atoms with Crippen molar-refractivity contribution in [2.75, 3.05) is 27.3 Å². The monoisotopic (exact) mass is 459 g/mol. The number of fused-ring (bicyclic) bond motifs is 2. The molecule has 9 heteroatoms. The normalized spacial score (nSPS) is 20.3. The highest BCUT2D eigenvalue weighted by Gasteiger charge is 2.31. The third kappa shape index (κ3) is 5.34. The van der Waals surface area contributed by atoms with Crippen LogP contribution < -0.4 is 14.8 Å². The molecule has 1 amide bonds. The maximum atomic E-state index is 12.8. The number of thiazole rings is 1. The lowest BCUT2D eigenvalue weighted by atomic mass is 10.1. The van der Waals surface area contributed by atoms with Gasteiger partial charge in [0.05, 0.1) is 26.3 Å². The molecule has 2 aliphatic rings. The Morgan fingerprint density at radius 3 is 2.69 bits per heavy atom. The third-order valence-corrected chi connectivity index (χ3v) is 6.33. The van der Waals surface area contributed by atoms with Crippen LogP contribution in [0.1, 0.15) is 25.0 Å². The number of methoxy groups -OCH3 is 2. The quantitative estimate of drug-likeness (QED) is 0.740. The zero-order valence-corrected chi connectivity index (χ0v) is 19.0. The van der Waals surface area contributed by atoms with Gasteiger partial charge < -0.3 is 19.7 Å². The zero-order valence-electron chi connectivity index (χ0n) is 16.6. The Labute approximate surface area is 187 Å². The first-order valence-electron chi connectivity index (χ1n) is 9.37. The fourth-order valence-corrected chi connectivity index (χ4v) is 4.74. The molecule has 0 saturated carbocycles. The van der Waals surface area contributed by atoms with Gasteiger partial charge in [-0.05, 0) is 37.5 Å². The number of hydrogen-bond donors (Lipinski definition) is 1. The first kappa shape index (κ1) is 23.7. The molecular formula is C20H27Cl2N3O3S. The number of ether oxygens (including phenoxy) is 2. The summed E-state index contributed by atoms with van der Waals surface area (Å²) in [4.78, 5) is 19.4. The molecule has 1 aromatic carbocycles. The van der Waals surface area contributed by atoms with Gasteiger partial charge in [0.15, 0.2) is 11.5 Å². The van der Waals surface area contributed by atoms with Crippen LogP contribution in [-0.2, 0) is 11.2 Å². The number of hydrogen-bond acceptors (Lipinski definition) is 6. The molecule has 2 atom stereocenters. The van der Waals surface area contributed by atoms with Gasteiger partial charge in [0, 0.05) is 36.1 Å². The minimum atomic E-state index is 0. The van der Waals surface area contributed by atoms with Crippen molar-refractivity contribution in [3.05, 3.63) is 29.3 Å². The summed E-state index contributed by atoms with van der Waals surface area (Å²) in [7, 11) is 3.24. The molecule has 2 fully saturated rings. The van der Waals surface area contributed by atoms with Crippen LogP contribution in [0.3, 0.4) is 0 Å². The number of carbonyl (C=O) groups is 1. The number of halogens is 2. The van der Waals surface area contributed by atoms with Crippen LogP contribution in [0.5, 0.6) is 11.5 Å². The summed E-state index contributed by atoms with van der Waals surface area (Å²) in [6, 6.07) is 6.80. The van der Waals surface area contributed by atoms with Crippen molar-refractivity contribution >= 4 is 42.1 Å². The summed E-state index contributed by atoms with van der Waals surface area (Å²) in [6.45, 7) is 1.67. The highest BCUT2D eigenvalue weighted by molar-refractivity contribution is 7.13. The molecular weight excluding hydrogens is 433 g/mol. The molecule has 0 aliphatic carbocycles. The number of likely N-dealkylation sites (tertiary alicyclic amines) is 1. The lowest BCUT2D eigenvalue weighted by molar-refractivity contribution is -0.130. The van der Waals surface area contributed by atoms with E-state index in [0.29, 0.717) is 30.0 Å². The van der Waals surface area contributed by atoms with Crippen LogP contribution in [0.2, 0.25) is 0 Å². The summed E-state index contributed by atoms with van der Waals surface area (Å²) in [5.74, 6) is 1.54. The van der Waals surface area contributed by atoms with Crippen molar-refractivity contribution in [2.45, 2.75) is 37.8 Å². The first-order chi connectivity index (χ1) is 13.2. The molecule has 6 nitrogen and oxygen atoms in total. The molecule has 160 valence electrons. The molecule has 4 rings (SSSR count). The topological polar surface area (TPSA) is 63.7 Å². The van der Waals surface area contributed by atoms with Gasteiger partial charge in [0.25, 0.3) is 0 Å². The third-order valence-electron chi connectivity index (χ3n) is 5.39. The predicted octanol–water partition coefficient (Wildman–Crippen LogP) is 3.57. The zero-order chi connectivity index (χ0) is 18.8. The van der Waals surface area contributed by atoms with E-state index < -0.39 is 0 Å². The Bertz CT molecular complexity index is 833. The largest absolute Gasteiger partial charge is 0.493 e. The van der Waals surface area contributed by atoms with Gasteiger partial charge in [-0.15, -0.1) is 36.2 Å². The molecule has 2 unspecified atom stereocenters. The molecule has 29 heavy (non-hydrogen) atoms. The molecule has 3 heterocycles. The second-order valence-electron chi connectivity index (χ2n) is 7.16. The number of nitrogens with zero attached hydrogens (tertiary/aromatic N) is 2. The van der Waals surface area contributed by atoms with Gasteiger partial charge in [0.2, 0.25) is 5.91 Å². The fraction of sp³-hybridized carbons (Fsp3) is 0.500. The van der Waals surface area contributed by atoms with Gasteiger partial charge >= 0.3 is 0 Å². The Hall–Kier alpha value is -1.54. The second kappa shape index (κ2) is 10.5. The number of benzene rings is 1. The van der Waals surface area contributed by atoms with Crippen LogP contribution in [0.25, 0.3) is 10.6 Å². The van der Waals surface area contributed by atoms with Gasteiger partial charge in [-0.1, -0.05) is 0 Å². The first-order valence-corrected chi connectivity index (χ1v) is 10.2. The Morgan fingerprint density at radius 1 is 1.17 bits per heavy atom. The van der Waals surface area contributed by atoms with E-state index in [4.69, 9.17) is 9.47 Å². The summed E-state index contributed by atoms with van der Waals surface area (Å²) in [5.41, 5.74) is 1.80. The number of nitrogens with one attached hydrogen (secondary N) is 1. The summed E-state index contributed by atoms with van der Waals surface area (Å²) < 4.78 is 10.7. The minimum Gasteiger partial charge on any atom is -0.493 e. The Morgan fingerprint density at radius 2 is 1.93 bits per heavy atom. The van der Waals surface area contributed by atoms with Crippen LogP contribution in [0.15, 0.2) is 23.6 Å². The van der Waals surface area contributed by atoms with E-state index >= 15 is 0 Å². The maximum Gasteiger partial charge on any atom is 0.228 e. The van der Waals surface area contributed by atoms with Crippen LogP contribution >= 0.6 is 36.2 Å². The van der Waals surface area contributed by atoms with E-state index in [0.717, 1.165) is 35.8 Å². The SMILES string of the molecule is COc1ccc(-c2nc(CC(=O)N3CCC4CCC(C3)N4)cs2)cc1OC.Cl.Cl. The lowest BCUT2D eigenvalue weighted by Crippen LogP contribution is -2.39. The van der Waals surface area contributed by atoms with E-state index in [9.17, 15) is 4.79 Å². The lowest BCUT2D eigenvalue weighted by Gasteiger charge is -2.24. The van der Waals surface area contributed by atoms with Crippen LogP contribution in [0, 0.1) is 0 Å². The summed E-state index contributed by atoms with van der Waals surface area (Å²) in [5, 5.41) is 6.48. The van der Waals surface area contributed by atoms with E-state index in [1.165, 1.54) is 12.8 Å². The van der Waals surface area contributed by atoms with Gasteiger partial charge in [-0.25, -0.2) is 4.98 Å². The molecule has 2 aliphatic heterocycles. The van der Waals surface area contributed by atoms with Crippen LogP contribution in [0.4, 0.5) is 0 Å². The van der Waals surface area contributed by atoms with E-state index in [1.807, 2.05) is 28.5 Å². The minimum absolute atomic E-state index is 0. The number of amides is 1. The predicted molar refractivity (Wildman–Crippen MR) is 120 cm³/mol. The average Bonchev–Trinajstić information content (AvgIpc) is 3.27. The van der Waals surface area contributed by atoms with Gasteiger partial charge in [0.1, 0.15) is 5.01 Å². The van der Waals surface area contributed by atoms with Crippen molar-refractivity contribution < 1.29 is 14.3 Å². The highest BCUT2D eigenvalue weighted by Crippen LogP contribution is 2.33. The molecule has 1 N–H and O–H groups in total. The smallest absolute Gasteiger partial charge is 0.228 e. The standard InChI is InChI=1S/C20H25N3O3S.2ClH/c1-25-17-6-3-13(9-18(17)26-2)20-22-16(12-27-20)10-19(24)23-8-7-14-4-5-15(11-23)21-14;;/h3,6,9,12,14-15,21H,4-5,7-8,10-11H2,1-2H3;2*1H. The summed E-state index contributed by atoms with van der Waals surface area (Å²) in [6.07, 6.45) is 3.83. The molecule has 0 spiro atoms. The Balaban J connectivity index is 0.00000150. The van der Waals surface area contributed by atoms with Crippen LogP contribution in [-0.4, -0.2) is 55.2 Å². The molecule has 2 saturated heterocycles. The summed E-state index contributed by atoms with van der Waals surface area (Å²) >= 11 is 1.55. The van der Waals surface area contributed by atoms with Crippen molar-refractivity contribution in [3.8, 4) is 22.1 Å². The van der Waals surface area contributed by atoms with Crippen molar-refractivity contribution in [1.29, 1.82) is 0 Å². The molecule has 1 aromatic heterocycles. The second-order valence-corrected chi connectivity index (χ2v) is 8.01. The number of carbonyl (C=O) groups excluding carboxylic acids is 1. The van der Waals surface area contributed by atoms with E-state index in [2.05, 4.69) is 10.3 Å². The molecule has 2 aromatic rings. The van der Waals surface area contributed by atoms with Crippen molar-refractivity contribution in [2.24, 2.45) is 0 Å². The highest BCUT2D eigenvalue weighted by atomic mass is 35.5. The van der Waals surface area contributed by atoms with Gasteiger partial charge in [-0.3, -0.25) is 4.79 Å². The average molecular weight is 460 g/mol.